The van der Waals surface area contributed by atoms with Crippen molar-refractivity contribution in [1.82, 2.24) is 5.32 Å². The number of nitrogens with zero attached hydrogens (tertiary/aromatic N) is 1. The predicted molar refractivity (Wildman–Crippen MR) is 94.8 cm³/mol. The van der Waals surface area contributed by atoms with Crippen LogP contribution < -0.4 is 15.0 Å². The molecule has 3 heteroatoms. The molecule has 1 aromatic carbocycles. The first-order valence-corrected chi connectivity index (χ1v) is 8.49. The van der Waals surface area contributed by atoms with Crippen molar-refractivity contribution in [2.24, 2.45) is 0 Å². The van der Waals surface area contributed by atoms with Gasteiger partial charge >= 0.3 is 0 Å². The van der Waals surface area contributed by atoms with Crippen molar-refractivity contribution in [3.05, 3.63) is 36.4 Å². The lowest BCUT2D eigenvalue weighted by atomic mass is 10.0. The van der Waals surface area contributed by atoms with Crippen molar-refractivity contribution < 1.29 is 4.74 Å². The Morgan fingerprint density at radius 1 is 1.41 bits per heavy atom. The zero-order valence-electron chi connectivity index (χ0n) is 14.3. The third kappa shape index (κ3) is 4.51. The Bertz CT molecular complexity index is 484. The van der Waals surface area contributed by atoms with Crippen molar-refractivity contribution in [1.29, 1.82) is 0 Å². The summed E-state index contributed by atoms with van der Waals surface area (Å²) in [6, 6.07) is 7.21. The lowest BCUT2D eigenvalue weighted by Crippen LogP contribution is -2.37. The largest absolute Gasteiger partial charge is 0.489 e. The highest BCUT2D eigenvalue weighted by Gasteiger charge is 2.22. The molecule has 0 amide bonds. The number of hydrogen-bond acceptors (Lipinski definition) is 3. The Hall–Kier alpha value is -1.48. The van der Waals surface area contributed by atoms with Gasteiger partial charge in [-0.15, -0.1) is 6.58 Å². The molecule has 1 atom stereocenters. The van der Waals surface area contributed by atoms with Crippen molar-refractivity contribution >= 4 is 5.69 Å². The third-order valence-electron chi connectivity index (χ3n) is 4.12. The summed E-state index contributed by atoms with van der Waals surface area (Å²) in [5, 5.41) is 3.35. The minimum absolute atomic E-state index is 0.190. The number of rotatable bonds is 7. The highest BCUT2D eigenvalue weighted by molar-refractivity contribution is 5.60. The molecular formula is C19H30N2O. The smallest absolute Gasteiger partial charge is 0.143 e. The number of hydrogen-bond donors (Lipinski definition) is 1. The number of anilines is 1. The third-order valence-corrected chi connectivity index (χ3v) is 4.12. The van der Waals surface area contributed by atoms with Crippen molar-refractivity contribution in [3.8, 4) is 5.75 Å². The van der Waals surface area contributed by atoms with E-state index >= 15 is 0 Å². The second-order valence-corrected chi connectivity index (χ2v) is 6.43. The summed E-state index contributed by atoms with van der Waals surface area (Å²) in [4.78, 5) is 2.50. The molecule has 1 aliphatic rings. The fourth-order valence-corrected chi connectivity index (χ4v) is 3.03. The predicted octanol–water partition coefficient (Wildman–Crippen LogP) is 4.13. The van der Waals surface area contributed by atoms with Gasteiger partial charge in [0.05, 0.1) is 11.8 Å². The Balaban J connectivity index is 2.21. The summed E-state index contributed by atoms with van der Waals surface area (Å²) in [6.45, 7) is 13.0. The second kappa shape index (κ2) is 8.23. The van der Waals surface area contributed by atoms with Crippen LogP contribution >= 0.6 is 0 Å². The molecule has 1 heterocycles. The van der Waals surface area contributed by atoms with Gasteiger partial charge in [-0.3, -0.25) is 0 Å². The standard InChI is InChI=1S/C19H30N2O/c1-5-11-20-14-17-9-10-18(19(13-17)22-15(2)3)21-12-7-6-8-16(21)4/h5,9-10,13,15-16,20H,1,6-8,11-12,14H2,2-4H3. The lowest BCUT2D eigenvalue weighted by Gasteiger charge is -2.36. The molecule has 0 aliphatic carbocycles. The van der Waals surface area contributed by atoms with Crippen LogP contribution in [0.25, 0.3) is 0 Å². The van der Waals surface area contributed by atoms with Crippen LogP contribution in [0.2, 0.25) is 0 Å². The van der Waals surface area contributed by atoms with Crippen molar-refractivity contribution in [2.45, 2.75) is 58.7 Å². The first-order chi connectivity index (χ1) is 10.6. The van der Waals surface area contributed by atoms with Gasteiger partial charge in [0.25, 0.3) is 0 Å². The van der Waals surface area contributed by atoms with Crippen LogP contribution in [0.1, 0.15) is 45.6 Å². The van der Waals surface area contributed by atoms with Gasteiger partial charge < -0.3 is 15.0 Å². The monoisotopic (exact) mass is 302 g/mol. The Morgan fingerprint density at radius 3 is 2.91 bits per heavy atom. The molecule has 3 nitrogen and oxygen atoms in total. The van der Waals surface area contributed by atoms with E-state index < -0.39 is 0 Å². The summed E-state index contributed by atoms with van der Waals surface area (Å²) in [5.74, 6) is 1.02. The minimum atomic E-state index is 0.190. The summed E-state index contributed by atoms with van der Waals surface area (Å²) < 4.78 is 6.10. The van der Waals surface area contributed by atoms with Crippen molar-refractivity contribution in [3.63, 3.8) is 0 Å². The topological polar surface area (TPSA) is 24.5 Å². The Labute approximate surface area is 135 Å². The Kier molecular flexibility index (Phi) is 6.32. The van der Waals surface area contributed by atoms with E-state index in [2.05, 4.69) is 55.8 Å². The molecule has 1 fully saturated rings. The van der Waals surface area contributed by atoms with Gasteiger partial charge in [0.15, 0.2) is 0 Å². The van der Waals surface area contributed by atoms with E-state index in [4.69, 9.17) is 4.74 Å². The molecule has 122 valence electrons. The van der Waals surface area contributed by atoms with E-state index in [1.54, 1.807) is 0 Å². The van der Waals surface area contributed by atoms with Crippen LogP contribution in [0.3, 0.4) is 0 Å². The maximum atomic E-state index is 6.10. The average Bonchev–Trinajstić information content (AvgIpc) is 2.48. The normalized spacial score (nSPS) is 18.5. The van der Waals surface area contributed by atoms with Gasteiger partial charge in [0.1, 0.15) is 5.75 Å². The van der Waals surface area contributed by atoms with E-state index in [-0.39, 0.29) is 6.10 Å². The first kappa shape index (κ1) is 16.9. The SMILES string of the molecule is C=CCNCc1ccc(N2CCCCC2C)c(OC(C)C)c1. The molecule has 0 aromatic heterocycles. The van der Waals surface area contributed by atoms with Crippen LogP contribution in [0, 0.1) is 0 Å². The molecule has 22 heavy (non-hydrogen) atoms. The van der Waals surface area contributed by atoms with Crippen LogP contribution in [-0.2, 0) is 6.54 Å². The van der Waals surface area contributed by atoms with Crippen molar-refractivity contribution in [2.75, 3.05) is 18.0 Å². The van der Waals surface area contributed by atoms with Gasteiger partial charge in [-0.2, -0.15) is 0 Å². The van der Waals surface area contributed by atoms with E-state index in [0.717, 1.165) is 25.4 Å². The number of ether oxygens (including phenoxy) is 1. The van der Waals surface area contributed by atoms with E-state index in [0.29, 0.717) is 6.04 Å². The average molecular weight is 302 g/mol. The fraction of sp³-hybridized carbons (Fsp3) is 0.579. The second-order valence-electron chi connectivity index (χ2n) is 6.43. The lowest BCUT2D eigenvalue weighted by molar-refractivity contribution is 0.242. The molecule has 0 bridgehead atoms. The molecule has 1 unspecified atom stereocenters. The molecule has 0 saturated carbocycles. The molecular weight excluding hydrogens is 272 g/mol. The first-order valence-electron chi connectivity index (χ1n) is 8.49. The van der Waals surface area contributed by atoms with Gasteiger partial charge in [-0.05, 0) is 57.7 Å². The fourth-order valence-electron chi connectivity index (χ4n) is 3.03. The van der Waals surface area contributed by atoms with E-state index in [9.17, 15) is 0 Å². The molecule has 2 rings (SSSR count). The summed E-state index contributed by atoms with van der Waals surface area (Å²) >= 11 is 0. The zero-order valence-corrected chi connectivity index (χ0v) is 14.3. The molecule has 1 aliphatic heterocycles. The molecule has 1 aromatic rings. The quantitative estimate of drug-likeness (QED) is 0.605. The summed E-state index contributed by atoms with van der Waals surface area (Å²) in [6.07, 6.45) is 5.95. The molecule has 0 spiro atoms. The summed E-state index contributed by atoms with van der Waals surface area (Å²) in [7, 11) is 0. The Morgan fingerprint density at radius 2 is 2.23 bits per heavy atom. The minimum Gasteiger partial charge on any atom is -0.489 e. The highest BCUT2D eigenvalue weighted by Crippen LogP contribution is 2.34. The summed E-state index contributed by atoms with van der Waals surface area (Å²) in [5.41, 5.74) is 2.50. The van der Waals surface area contributed by atoms with Gasteiger partial charge in [-0.25, -0.2) is 0 Å². The molecule has 1 saturated heterocycles. The van der Waals surface area contributed by atoms with Crippen LogP contribution in [0.15, 0.2) is 30.9 Å². The van der Waals surface area contributed by atoms with Gasteiger partial charge in [0.2, 0.25) is 0 Å². The molecule has 1 N–H and O–H groups in total. The van der Waals surface area contributed by atoms with Gasteiger partial charge in [0, 0.05) is 25.7 Å². The number of benzene rings is 1. The highest BCUT2D eigenvalue weighted by atomic mass is 16.5. The maximum absolute atomic E-state index is 6.10. The maximum Gasteiger partial charge on any atom is 0.143 e. The van der Waals surface area contributed by atoms with E-state index in [1.807, 2.05) is 6.08 Å². The van der Waals surface area contributed by atoms with Crippen LogP contribution in [0.4, 0.5) is 5.69 Å². The number of piperidine rings is 1. The zero-order chi connectivity index (χ0) is 15.9. The number of nitrogens with one attached hydrogen (secondary N) is 1. The van der Waals surface area contributed by atoms with Crippen LogP contribution in [0.5, 0.6) is 5.75 Å². The van der Waals surface area contributed by atoms with Gasteiger partial charge in [-0.1, -0.05) is 12.1 Å². The molecule has 0 radical (unpaired) electrons. The van der Waals surface area contributed by atoms with E-state index in [1.165, 1.54) is 30.5 Å². The van der Waals surface area contributed by atoms with Crippen LogP contribution in [-0.4, -0.2) is 25.2 Å².